The van der Waals surface area contributed by atoms with E-state index in [9.17, 15) is 14.0 Å². The molecule has 0 atom stereocenters. The van der Waals surface area contributed by atoms with Crippen molar-refractivity contribution in [2.24, 2.45) is 5.10 Å². The Kier molecular flexibility index (Phi) is 9.72. The first-order valence-electron chi connectivity index (χ1n) is 12.3. The smallest absolute Gasteiger partial charge is 0.273 e. The van der Waals surface area contributed by atoms with Crippen molar-refractivity contribution >= 4 is 39.6 Å². The fraction of sp³-hybridized carbons (Fsp3) is 0.250. The Labute approximate surface area is 229 Å². The second-order valence-corrected chi connectivity index (χ2v) is 9.85. The van der Waals surface area contributed by atoms with E-state index in [1.165, 1.54) is 18.3 Å². The normalized spacial score (nSPS) is 14.5. The van der Waals surface area contributed by atoms with Gasteiger partial charge in [-0.1, -0.05) is 40.2 Å². The predicted molar refractivity (Wildman–Crippen MR) is 149 cm³/mol. The second-order valence-electron chi connectivity index (χ2n) is 8.93. The number of hydrogen-bond donors (Lipinski definition) is 3. The van der Waals surface area contributed by atoms with Crippen LogP contribution in [-0.4, -0.2) is 72.3 Å². The van der Waals surface area contributed by atoms with E-state index >= 15 is 0 Å². The number of nitrogens with zero attached hydrogens (tertiary/aromatic N) is 3. The Morgan fingerprint density at radius 2 is 1.63 bits per heavy atom. The number of hydrazone groups is 1. The molecular weight excluding hydrogens is 553 g/mol. The van der Waals surface area contributed by atoms with Gasteiger partial charge in [-0.15, -0.1) is 0 Å². The third kappa shape index (κ3) is 7.78. The van der Waals surface area contributed by atoms with Gasteiger partial charge in [-0.25, -0.2) is 9.82 Å². The summed E-state index contributed by atoms with van der Waals surface area (Å²) in [6, 6.07) is 18.1. The molecule has 0 radical (unpaired) electrons. The van der Waals surface area contributed by atoms with Crippen LogP contribution >= 0.6 is 15.9 Å². The molecule has 1 heterocycles. The van der Waals surface area contributed by atoms with E-state index in [0.29, 0.717) is 27.8 Å². The van der Waals surface area contributed by atoms with Gasteiger partial charge in [0.25, 0.3) is 11.8 Å². The van der Waals surface area contributed by atoms with Gasteiger partial charge >= 0.3 is 0 Å². The molecule has 1 aliphatic heterocycles. The fourth-order valence-corrected chi connectivity index (χ4v) is 4.48. The molecule has 2 amide bonds. The summed E-state index contributed by atoms with van der Waals surface area (Å²) >= 11 is 3.36. The van der Waals surface area contributed by atoms with Crippen LogP contribution in [0.4, 0.5) is 10.1 Å². The number of hydrogen-bond acceptors (Lipinski definition) is 6. The monoisotopic (exact) mass is 581 g/mol. The first-order valence-corrected chi connectivity index (χ1v) is 13.0. The summed E-state index contributed by atoms with van der Waals surface area (Å²) in [4.78, 5) is 30.3. The third-order valence-corrected chi connectivity index (χ3v) is 6.72. The first kappa shape index (κ1) is 27.6. The van der Waals surface area contributed by atoms with Crippen molar-refractivity contribution in [2.75, 3.05) is 44.6 Å². The standard InChI is InChI=1S/C28H29BrFN5O3/c29-23-7-10-26(25(17-23)28(38)33-31-18-20-3-8-24(30)9-4-20)32-27(37)22-5-1-21(2-6-22)19-35-13-11-34(12-14-35)15-16-36/h1-10,17-18,36H,11-16,19H2,(H,32,37)(H,33,38)/b31-18+. The maximum atomic E-state index is 13.1. The average molecular weight is 582 g/mol. The minimum Gasteiger partial charge on any atom is -0.395 e. The maximum Gasteiger partial charge on any atom is 0.273 e. The summed E-state index contributed by atoms with van der Waals surface area (Å²) in [7, 11) is 0. The molecule has 1 aliphatic rings. The topological polar surface area (TPSA) is 97.3 Å². The molecule has 198 valence electrons. The number of carbonyl (C=O) groups excluding carboxylic acids is 2. The number of amides is 2. The Bertz CT molecular complexity index is 1280. The molecule has 10 heteroatoms. The maximum absolute atomic E-state index is 13.1. The molecular formula is C28H29BrFN5O3. The Morgan fingerprint density at radius 3 is 2.32 bits per heavy atom. The van der Waals surface area contributed by atoms with Gasteiger partial charge in [0.05, 0.1) is 24.1 Å². The number of carbonyl (C=O) groups is 2. The molecule has 0 spiro atoms. The van der Waals surface area contributed by atoms with E-state index in [1.54, 1.807) is 42.5 Å². The first-order chi connectivity index (χ1) is 18.4. The lowest BCUT2D eigenvalue weighted by Gasteiger charge is -2.34. The zero-order valence-corrected chi connectivity index (χ0v) is 22.3. The number of β-amino-alcohol motifs (C(OH)–C–C–N with tert-alkyl or cyclic N) is 1. The molecule has 4 rings (SSSR count). The second kappa shape index (κ2) is 13.4. The van der Waals surface area contributed by atoms with Crippen LogP contribution in [0.3, 0.4) is 0 Å². The number of aliphatic hydroxyl groups excluding tert-OH is 1. The van der Waals surface area contributed by atoms with E-state index in [0.717, 1.165) is 38.3 Å². The van der Waals surface area contributed by atoms with Crippen LogP contribution in [0, 0.1) is 5.82 Å². The minimum absolute atomic E-state index is 0.182. The van der Waals surface area contributed by atoms with Gasteiger partial charge in [0.1, 0.15) is 5.82 Å². The lowest BCUT2D eigenvalue weighted by molar-refractivity contribution is 0.0956. The number of piperazine rings is 1. The Balaban J connectivity index is 1.36. The van der Waals surface area contributed by atoms with E-state index in [1.807, 2.05) is 12.1 Å². The van der Waals surface area contributed by atoms with Crippen molar-refractivity contribution in [3.63, 3.8) is 0 Å². The average Bonchev–Trinajstić information content (AvgIpc) is 2.92. The Morgan fingerprint density at radius 1 is 0.947 bits per heavy atom. The van der Waals surface area contributed by atoms with Crippen molar-refractivity contribution in [3.8, 4) is 0 Å². The van der Waals surface area contributed by atoms with Gasteiger partial charge in [0.2, 0.25) is 0 Å². The van der Waals surface area contributed by atoms with Crippen LogP contribution in [-0.2, 0) is 6.54 Å². The molecule has 0 aromatic heterocycles. The molecule has 1 saturated heterocycles. The van der Waals surface area contributed by atoms with Crippen LogP contribution in [0.1, 0.15) is 31.8 Å². The molecule has 8 nitrogen and oxygen atoms in total. The molecule has 0 saturated carbocycles. The number of rotatable bonds is 9. The highest BCUT2D eigenvalue weighted by atomic mass is 79.9. The third-order valence-electron chi connectivity index (χ3n) is 6.23. The lowest BCUT2D eigenvalue weighted by atomic mass is 10.1. The quantitative estimate of drug-likeness (QED) is 0.264. The van der Waals surface area contributed by atoms with Crippen molar-refractivity contribution in [3.05, 3.63) is 99.3 Å². The lowest BCUT2D eigenvalue weighted by Crippen LogP contribution is -2.46. The van der Waals surface area contributed by atoms with Gasteiger partial charge in [-0.05, 0) is 53.6 Å². The highest BCUT2D eigenvalue weighted by Crippen LogP contribution is 2.22. The van der Waals surface area contributed by atoms with Crippen molar-refractivity contribution in [1.82, 2.24) is 15.2 Å². The van der Waals surface area contributed by atoms with Crippen LogP contribution in [0.5, 0.6) is 0 Å². The van der Waals surface area contributed by atoms with Gasteiger partial charge in [0, 0.05) is 49.3 Å². The predicted octanol–water partition coefficient (Wildman–Crippen LogP) is 3.71. The number of aliphatic hydroxyl groups is 1. The molecule has 3 aromatic carbocycles. The van der Waals surface area contributed by atoms with Gasteiger partial charge in [-0.3, -0.25) is 19.4 Å². The van der Waals surface area contributed by atoms with Crippen LogP contribution < -0.4 is 10.7 Å². The fourth-order valence-electron chi connectivity index (χ4n) is 4.11. The van der Waals surface area contributed by atoms with Gasteiger partial charge in [-0.2, -0.15) is 5.10 Å². The summed E-state index contributed by atoms with van der Waals surface area (Å²) < 4.78 is 13.7. The molecule has 0 bridgehead atoms. The zero-order valence-electron chi connectivity index (χ0n) is 20.7. The molecule has 3 aromatic rings. The summed E-state index contributed by atoms with van der Waals surface area (Å²) in [5, 5.41) is 15.8. The van der Waals surface area contributed by atoms with Gasteiger partial charge in [0.15, 0.2) is 0 Å². The number of halogens is 2. The summed E-state index contributed by atoms with van der Waals surface area (Å²) in [5.74, 6) is -1.20. The molecule has 3 N–H and O–H groups in total. The summed E-state index contributed by atoms with van der Waals surface area (Å²) in [5.41, 5.74) is 5.24. The van der Waals surface area contributed by atoms with Crippen LogP contribution in [0.2, 0.25) is 0 Å². The highest BCUT2D eigenvalue weighted by Gasteiger charge is 2.17. The largest absolute Gasteiger partial charge is 0.395 e. The minimum atomic E-state index is -0.505. The molecule has 0 aliphatic carbocycles. The van der Waals surface area contributed by atoms with E-state index < -0.39 is 5.91 Å². The van der Waals surface area contributed by atoms with E-state index in [4.69, 9.17) is 5.11 Å². The highest BCUT2D eigenvalue weighted by molar-refractivity contribution is 9.10. The molecule has 1 fully saturated rings. The van der Waals surface area contributed by atoms with Crippen molar-refractivity contribution in [2.45, 2.75) is 6.54 Å². The number of benzene rings is 3. The molecule has 0 unspecified atom stereocenters. The van der Waals surface area contributed by atoms with Crippen molar-refractivity contribution in [1.29, 1.82) is 0 Å². The van der Waals surface area contributed by atoms with E-state index in [2.05, 4.69) is 41.6 Å². The van der Waals surface area contributed by atoms with Crippen LogP contribution in [0.15, 0.2) is 76.3 Å². The van der Waals surface area contributed by atoms with Crippen LogP contribution in [0.25, 0.3) is 0 Å². The number of nitrogens with one attached hydrogen (secondary N) is 2. The van der Waals surface area contributed by atoms with E-state index in [-0.39, 0.29) is 23.9 Å². The van der Waals surface area contributed by atoms with Gasteiger partial charge < -0.3 is 10.4 Å². The Hall–Kier alpha value is -3.44. The SMILES string of the molecule is O=C(Nc1ccc(Br)cc1C(=O)N/N=C/c1ccc(F)cc1)c1ccc(CN2CCN(CCO)CC2)cc1. The molecule has 38 heavy (non-hydrogen) atoms. The number of anilines is 1. The summed E-state index contributed by atoms with van der Waals surface area (Å²) in [6.07, 6.45) is 1.41. The zero-order chi connectivity index (χ0) is 26.9. The summed E-state index contributed by atoms with van der Waals surface area (Å²) in [6.45, 7) is 5.42. The van der Waals surface area contributed by atoms with Crippen molar-refractivity contribution < 1.29 is 19.1 Å².